The fraction of sp³-hybridized carbons (Fsp3) is 0.0370. The maximum Gasteiger partial charge on any atom is 0.285 e. The summed E-state index contributed by atoms with van der Waals surface area (Å²) in [4.78, 5) is 26.1. The molecule has 0 aliphatic carbocycles. The number of rotatable bonds is 6. The number of aromatic nitrogens is 2. The monoisotopic (exact) mass is 530 g/mol. The van der Waals surface area contributed by atoms with Crippen LogP contribution in [0.25, 0.3) is 23.0 Å². The number of carbonyl (C=O) groups is 2. The van der Waals surface area contributed by atoms with Crippen molar-refractivity contribution in [3.05, 3.63) is 112 Å². The molecule has 2 amide bonds. The van der Waals surface area contributed by atoms with Gasteiger partial charge in [0.05, 0.1) is 22.7 Å². The molecule has 0 bridgehead atoms. The van der Waals surface area contributed by atoms with E-state index in [2.05, 4.69) is 5.43 Å². The van der Waals surface area contributed by atoms with E-state index in [1.54, 1.807) is 22.9 Å². The molecule has 4 aromatic rings. The molecule has 6 nitrogen and oxygen atoms in total. The zero-order chi connectivity index (χ0) is 25.1. The standard InChI is InChI=1S/C27H19ClN4O2S2/c28-21-13-11-19(12-14-21)25-20(17-31(30-25)22-9-5-2-6-10-22)16-23-26(34)32(27(35)36-23)29-24(33)15-18-7-3-1-4-8-18/h1-14,16-17H,15H2,(H,29,33). The van der Waals surface area contributed by atoms with E-state index in [4.69, 9.17) is 28.9 Å². The Morgan fingerprint density at radius 1 is 1.00 bits per heavy atom. The summed E-state index contributed by atoms with van der Waals surface area (Å²) >= 11 is 12.6. The maximum atomic E-state index is 13.2. The largest absolute Gasteiger partial charge is 0.285 e. The smallest absolute Gasteiger partial charge is 0.273 e. The number of halogens is 1. The summed E-state index contributed by atoms with van der Waals surface area (Å²) in [5.41, 5.74) is 6.64. The lowest BCUT2D eigenvalue weighted by molar-refractivity contribution is -0.132. The summed E-state index contributed by atoms with van der Waals surface area (Å²) in [6.45, 7) is 0. The minimum atomic E-state index is -0.388. The fourth-order valence-corrected chi connectivity index (χ4v) is 4.99. The van der Waals surface area contributed by atoms with Crippen LogP contribution in [0.15, 0.2) is 96.0 Å². The number of nitrogens with zero attached hydrogens (tertiary/aromatic N) is 3. The molecule has 178 valence electrons. The molecule has 0 spiro atoms. The van der Waals surface area contributed by atoms with E-state index < -0.39 is 0 Å². The van der Waals surface area contributed by atoms with E-state index >= 15 is 0 Å². The van der Waals surface area contributed by atoms with Crippen LogP contribution in [-0.2, 0) is 16.0 Å². The first-order chi connectivity index (χ1) is 17.5. The van der Waals surface area contributed by atoms with Crippen LogP contribution in [0.4, 0.5) is 0 Å². The van der Waals surface area contributed by atoms with Crippen molar-refractivity contribution in [2.45, 2.75) is 6.42 Å². The molecule has 1 aliphatic heterocycles. The first kappa shape index (κ1) is 24.0. The molecular formula is C27H19ClN4O2S2. The van der Waals surface area contributed by atoms with Crippen LogP contribution in [0.2, 0.25) is 5.02 Å². The topological polar surface area (TPSA) is 67.2 Å². The number of para-hydroxylation sites is 1. The van der Waals surface area contributed by atoms with Gasteiger partial charge in [0.15, 0.2) is 4.32 Å². The third-order valence-electron chi connectivity index (χ3n) is 5.41. The fourth-order valence-electron chi connectivity index (χ4n) is 3.69. The molecule has 0 atom stereocenters. The number of hydrogen-bond acceptors (Lipinski definition) is 5. The van der Waals surface area contributed by atoms with Gasteiger partial charge in [0.1, 0.15) is 0 Å². The number of thiocarbonyl (C=S) groups is 1. The average molecular weight is 531 g/mol. The third kappa shape index (κ3) is 5.26. The van der Waals surface area contributed by atoms with Crippen molar-refractivity contribution in [2.75, 3.05) is 0 Å². The summed E-state index contributed by atoms with van der Waals surface area (Å²) < 4.78 is 2.02. The molecule has 1 aliphatic rings. The molecule has 1 saturated heterocycles. The Bertz CT molecular complexity index is 1470. The Hall–Kier alpha value is -3.72. The van der Waals surface area contributed by atoms with Gasteiger partial charge in [0.25, 0.3) is 5.91 Å². The molecule has 1 fully saturated rings. The molecular weight excluding hydrogens is 512 g/mol. The highest BCUT2D eigenvalue weighted by Crippen LogP contribution is 2.34. The minimum Gasteiger partial charge on any atom is -0.273 e. The van der Waals surface area contributed by atoms with Crippen LogP contribution in [-0.4, -0.2) is 30.9 Å². The molecule has 36 heavy (non-hydrogen) atoms. The quantitative estimate of drug-likeness (QED) is 0.257. The summed E-state index contributed by atoms with van der Waals surface area (Å²) in [6, 6.07) is 26.4. The molecule has 1 N–H and O–H groups in total. The van der Waals surface area contributed by atoms with Crippen molar-refractivity contribution in [1.82, 2.24) is 20.2 Å². The van der Waals surface area contributed by atoms with Gasteiger partial charge in [0.2, 0.25) is 5.91 Å². The Balaban J connectivity index is 1.44. The van der Waals surface area contributed by atoms with Gasteiger partial charge in [-0.1, -0.05) is 84.0 Å². The van der Waals surface area contributed by atoms with Gasteiger partial charge in [-0.3, -0.25) is 15.0 Å². The minimum absolute atomic E-state index is 0.140. The van der Waals surface area contributed by atoms with Crippen molar-refractivity contribution in [2.24, 2.45) is 0 Å². The summed E-state index contributed by atoms with van der Waals surface area (Å²) in [5, 5.41) is 6.52. The zero-order valence-electron chi connectivity index (χ0n) is 18.8. The van der Waals surface area contributed by atoms with Crippen LogP contribution in [0.3, 0.4) is 0 Å². The zero-order valence-corrected chi connectivity index (χ0v) is 21.2. The van der Waals surface area contributed by atoms with E-state index in [1.807, 2.05) is 79.0 Å². The Kier molecular flexibility index (Phi) is 6.99. The molecule has 2 heterocycles. The van der Waals surface area contributed by atoms with Gasteiger partial charge in [-0.15, -0.1) is 0 Å². The van der Waals surface area contributed by atoms with Crippen LogP contribution < -0.4 is 5.43 Å². The van der Waals surface area contributed by atoms with Crippen LogP contribution in [0.1, 0.15) is 11.1 Å². The molecule has 1 aromatic heterocycles. The first-order valence-corrected chi connectivity index (χ1v) is 12.6. The Morgan fingerprint density at radius 2 is 1.67 bits per heavy atom. The van der Waals surface area contributed by atoms with Gasteiger partial charge in [0, 0.05) is 22.3 Å². The SMILES string of the molecule is O=C(Cc1ccccc1)NN1C(=O)C(=Cc2cn(-c3ccccc3)nc2-c2ccc(Cl)cc2)SC1=S. The molecule has 0 unspecified atom stereocenters. The lowest BCUT2D eigenvalue weighted by Crippen LogP contribution is -2.45. The second kappa shape index (κ2) is 10.5. The normalized spacial score (nSPS) is 14.5. The molecule has 0 saturated carbocycles. The molecule has 9 heteroatoms. The van der Waals surface area contributed by atoms with Crippen molar-refractivity contribution in [3.8, 4) is 16.9 Å². The number of hydrogen-bond donors (Lipinski definition) is 1. The summed E-state index contributed by atoms with van der Waals surface area (Å²) in [5.74, 6) is -0.710. The lowest BCUT2D eigenvalue weighted by atomic mass is 10.1. The summed E-state index contributed by atoms with van der Waals surface area (Å²) in [7, 11) is 0. The highest BCUT2D eigenvalue weighted by Gasteiger charge is 2.34. The third-order valence-corrected chi connectivity index (χ3v) is 6.96. The van der Waals surface area contributed by atoms with E-state index in [-0.39, 0.29) is 22.6 Å². The first-order valence-electron chi connectivity index (χ1n) is 11.0. The van der Waals surface area contributed by atoms with Crippen LogP contribution in [0.5, 0.6) is 0 Å². The van der Waals surface area contributed by atoms with Crippen molar-refractivity contribution < 1.29 is 9.59 Å². The average Bonchev–Trinajstić information content (AvgIpc) is 3.42. The second-order valence-electron chi connectivity index (χ2n) is 7.93. The Labute approximate surface area is 222 Å². The number of thioether (sulfide) groups is 1. The Morgan fingerprint density at radius 3 is 2.36 bits per heavy atom. The predicted molar refractivity (Wildman–Crippen MR) is 147 cm³/mol. The van der Waals surface area contributed by atoms with Gasteiger partial charge in [-0.25, -0.2) is 4.68 Å². The van der Waals surface area contributed by atoms with E-state index in [1.165, 1.54) is 0 Å². The van der Waals surface area contributed by atoms with Crippen LogP contribution in [0, 0.1) is 0 Å². The van der Waals surface area contributed by atoms with Gasteiger partial charge < -0.3 is 0 Å². The number of hydrazine groups is 1. The van der Waals surface area contributed by atoms with Crippen molar-refractivity contribution in [3.63, 3.8) is 0 Å². The van der Waals surface area contributed by atoms with Gasteiger partial charge in [-0.2, -0.15) is 10.1 Å². The van der Waals surface area contributed by atoms with Gasteiger partial charge >= 0.3 is 0 Å². The van der Waals surface area contributed by atoms with Gasteiger partial charge in [-0.05, 0) is 48.1 Å². The summed E-state index contributed by atoms with van der Waals surface area (Å²) in [6.07, 6.45) is 3.75. The van der Waals surface area contributed by atoms with E-state index in [9.17, 15) is 9.59 Å². The predicted octanol–water partition coefficient (Wildman–Crippen LogP) is 5.67. The highest BCUT2D eigenvalue weighted by molar-refractivity contribution is 8.26. The number of amides is 2. The van der Waals surface area contributed by atoms with Crippen molar-refractivity contribution in [1.29, 1.82) is 0 Å². The highest BCUT2D eigenvalue weighted by atomic mass is 35.5. The van der Waals surface area contributed by atoms with Crippen LogP contribution >= 0.6 is 35.6 Å². The number of benzene rings is 3. The van der Waals surface area contributed by atoms with Crippen molar-refractivity contribution >= 4 is 57.8 Å². The number of carbonyl (C=O) groups excluding carboxylic acids is 2. The second-order valence-corrected chi connectivity index (χ2v) is 10.0. The van der Waals surface area contributed by atoms with E-state index in [0.717, 1.165) is 39.1 Å². The molecule has 3 aromatic carbocycles. The van der Waals surface area contributed by atoms with E-state index in [0.29, 0.717) is 15.6 Å². The molecule has 5 rings (SSSR count). The number of nitrogens with one attached hydrogen (secondary N) is 1. The maximum absolute atomic E-state index is 13.2. The molecule has 0 radical (unpaired) electrons. The lowest BCUT2D eigenvalue weighted by Gasteiger charge is -2.15.